The van der Waals surface area contributed by atoms with Gasteiger partial charge in [-0.1, -0.05) is 0 Å². The standard InChI is InChI=1S/C14H20N2O2/c1-3-18-12-8-6-11(7-9-12)15-14(17)13-5-4-10-16(13)2/h6-9,13H,3-5,10H2,1-2H3,(H,15,17). The minimum Gasteiger partial charge on any atom is -0.494 e. The van der Waals surface area contributed by atoms with Gasteiger partial charge < -0.3 is 10.1 Å². The van der Waals surface area contributed by atoms with Crippen molar-refractivity contribution < 1.29 is 9.53 Å². The summed E-state index contributed by atoms with van der Waals surface area (Å²) < 4.78 is 5.36. The van der Waals surface area contributed by atoms with Crippen LogP contribution in [0.25, 0.3) is 0 Å². The Hall–Kier alpha value is -1.55. The molecule has 0 bridgehead atoms. The number of carbonyl (C=O) groups excluding carboxylic acids is 1. The SMILES string of the molecule is CCOc1ccc(NC(=O)C2CCCN2C)cc1. The van der Waals surface area contributed by atoms with E-state index in [0.29, 0.717) is 6.61 Å². The zero-order valence-electron chi connectivity index (χ0n) is 11.0. The van der Waals surface area contributed by atoms with E-state index in [9.17, 15) is 4.79 Å². The molecule has 1 unspecified atom stereocenters. The smallest absolute Gasteiger partial charge is 0.241 e. The molecule has 1 aliphatic heterocycles. The Kier molecular flexibility index (Phi) is 4.20. The molecule has 4 nitrogen and oxygen atoms in total. The summed E-state index contributed by atoms with van der Waals surface area (Å²) in [6.07, 6.45) is 2.04. The number of carbonyl (C=O) groups is 1. The average Bonchev–Trinajstić information content (AvgIpc) is 2.78. The van der Waals surface area contributed by atoms with Crippen LogP contribution < -0.4 is 10.1 Å². The highest BCUT2D eigenvalue weighted by Crippen LogP contribution is 2.19. The second kappa shape index (κ2) is 5.87. The number of likely N-dealkylation sites (tertiary alicyclic amines) is 1. The number of benzene rings is 1. The van der Waals surface area contributed by atoms with E-state index < -0.39 is 0 Å². The van der Waals surface area contributed by atoms with Crippen molar-refractivity contribution in [2.75, 3.05) is 25.5 Å². The number of rotatable bonds is 4. The van der Waals surface area contributed by atoms with Gasteiger partial charge in [-0.05, 0) is 57.6 Å². The van der Waals surface area contributed by atoms with Crippen molar-refractivity contribution in [1.29, 1.82) is 0 Å². The van der Waals surface area contributed by atoms with Gasteiger partial charge in [0.05, 0.1) is 12.6 Å². The summed E-state index contributed by atoms with van der Waals surface area (Å²) in [6, 6.07) is 7.50. The second-order valence-electron chi connectivity index (χ2n) is 4.59. The van der Waals surface area contributed by atoms with Gasteiger partial charge in [0.2, 0.25) is 5.91 Å². The third-order valence-electron chi connectivity index (χ3n) is 3.26. The van der Waals surface area contributed by atoms with E-state index in [-0.39, 0.29) is 11.9 Å². The molecule has 0 aliphatic carbocycles. The lowest BCUT2D eigenvalue weighted by atomic mass is 10.2. The molecule has 0 saturated carbocycles. The third-order valence-corrected chi connectivity index (χ3v) is 3.26. The van der Waals surface area contributed by atoms with E-state index in [1.165, 1.54) is 0 Å². The summed E-state index contributed by atoms with van der Waals surface area (Å²) in [6.45, 7) is 3.60. The largest absolute Gasteiger partial charge is 0.494 e. The quantitative estimate of drug-likeness (QED) is 0.887. The van der Waals surface area contributed by atoms with Gasteiger partial charge in [0, 0.05) is 5.69 Å². The van der Waals surface area contributed by atoms with Crippen LogP contribution in [0.2, 0.25) is 0 Å². The maximum absolute atomic E-state index is 12.1. The number of anilines is 1. The van der Waals surface area contributed by atoms with Crippen molar-refractivity contribution in [1.82, 2.24) is 4.90 Å². The lowest BCUT2D eigenvalue weighted by molar-refractivity contribution is -0.119. The molecule has 1 aromatic carbocycles. The topological polar surface area (TPSA) is 41.6 Å². The lowest BCUT2D eigenvalue weighted by Gasteiger charge is -2.18. The summed E-state index contributed by atoms with van der Waals surface area (Å²) >= 11 is 0. The second-order valence-corrected chi connectivity index (χ2v) is 4.59. The van der Waals surface area contributed by atoms with E-state index >= 15 is 0 Å². The van der Waals surface area contributed by atoms with E-state index in [0.717, 1.165) is 30.8 Å². The third kappa shape index (κ3) is 3.01. The Balaban J connectivity index is 1.94. The first kappa shape index (κ1) is 12.9. The van der Waals surface area contributed by atoms with Crippen molar-refractivity contribution in [2.45, 2.75) is 25.8 Å². The van der Waals surface area contributed by atoms with Crippen LogP contribution in [0, 0.1) is 0 Å². The first-order valence-corrected chi connectivity index (χ1v) is 6.44. The maximum Gasteiger partial charge on any atom is 0.241 e. The monoisotopic (exact) mass is 248 g/mol. The van der Waals surface area contributed by atoms with Crippen LogP contribution in [0.1, 0.15) is 19.8 Å². The zero-order chi connectivity index (χ0) is 13.0. The van der Waals surface area contributed by atoms with Gasteiger partial charge in [-0.3, -0.25) is 9.69 Å². The predicted molar refractivity (Wildman–Crippen MR) is 71.9 cm³/mol. The number of hydrogen-bond donors (Lipinski definition) is 1. The van der Waals surface area contributed by atoms with E-state index in [1.807, 2.05) is 38.2 Å². The van der Waals surface area contributed by atoms with E-state index in [4.69, 9.17) is 4.74 Å². The molecule has 2 rings (SSSR count). The number of likely N-dealkylation sites (N-methyl/N-ethyl adjacent to an activating group) is 1. The molecule has 98 valence electrons. The summed E-state index contributed by atoms with van der Waals surface area (Å²) in [5.74, 6) is 0.910. The van der Waals surface area contributed by atoms with Crippen LogP contribution in [0.3, 0.4) is 0 Å². The van der Waals surface area contributed by atoms with E-state index in [2.05, 4.69) is 10.2 Å². The number of ether oxygens (including phenoxy) is 1. The molecule has 1 amide bonds. The molecule has 18 heavy (non-hydrogen) atoms. The van der Waals surface area contributed by atoms with E-state index in [1.54, 1.807) is 0 Å². The highest BCUT2D eigenvalue weighted by molar-refractivity contribution is 5.95. The Bertz CT molecular complexity index is 403. The molecule has 0 aromatic heterocycles. The fraction of sp³-hybridized carbons (Fsp3) is 0.500. The molecule has 4 heteroatoms. The van der Waals surface area contributed by atoms with Crippen LogP contribution in [-0.2, 0) is 4.79 Å². The van der Waals surface area contributed by atoms with Gasteiger partial charge >= 0.3 is 0 Å². The van der Waals surface area contributed by atoms with Crippen LogP contribution in [0.4, 0.5) is 5.69 Å². The van der Waals surface area contributed by atoms with Crippen LogP contribution in [0.5, 0.6) is 5.75 Å². The summed E-state index contributed by atoms with van der Waals surface area (Å²) in [4.78, 5) is 14.2. The predicted octanol–water partition coefficient (Wildman–Crippen LogP) is 2.12. The van der Waals surface area contributed by atoms with Crippen LogP contribution >= 0.6 is 0 Å². The molecule has 1 N–H and O–H groups in total. The Morgan fingerprint density at radius 3 is 2.72 bits per heavy atom. The fourth-order valence-electron chi connectivity index (χ4n) is 2.27. The zero-order valence-corrected chi connectivity index (χ0v) is 11.0. The van der Waals surface area contributed by atoms with Crippen molar-refractivity contribution in [2.24, 2.45) is 0 Å². The van der Waals surface area contributed by atoms with Gasteiger partial charge in [0.1, 0.15) is 5.75 Å². The Morgan fingerprint density at radius 1 is 1.44 bits per heavy atom. The number of amides is 1. The molecule has 1 aliphatic rings. The highest BCUT2D eigenvalue weighted by atomic mass is 16.5. The molecule has 1 aromatic rings. The minimum absolute atomic E-state index is 0.0107. The van der Waals surface area contributed by atoms with Gasteiger partial charge in [0.25, 0.3) is 0 Å². The van der Waals surface area contributed by atoms with Gasteiger partial charge in [-0.25, -0.2) is 0 Å². The van der Waals surface area contributed by atoms with Gasteiger partial charge in [0.15, 0.2) is 0 Å². The average molecular weight is 248 g/mol. The molecule has 1 heterocycles. The van der Waals surface area contributed by atoms with Gasteiger partial charge in [-0.15, -0.1) is 0 Å². The molecule has 1 atom stereocenters. The van der Waals surface area contributed by atoms with Crippen molar-refractivity contribution in [3.63, 3.8) is 0 Å². The minimum atomic E-state index is 0.0107. The normalized spacial score (nSPS) is 19.8. The van der Waals surface area contributed by atoms with Crippen molar-refractivity contribution >= 4 is 11.6 Å². The fourth-order valence-corrected chi connectivity index (χ4v) is 2.27. The number of hydrogen-bond acceptors (Lipinski definition) is 3. The molecular formula is C14H20N2O2. The lowest BCUT2D eigenvalue weighted by Crippen LogP contribution is -2.37. The first-order chi connectivity index (χ1) is 8.70. The Labute approximate surface area is 108 Å². The summed E-state index contributed by atoms with van der Waals surface area (Å²) in [5, 5.41) is 2.95. The van der Waals surface area contributed by atoms with Crippen LogP contribution in [0.15, 0.2) is 24.3 Å². The molecule has 0 radical (unpaired) electrons. The molecule has 1 saturated heterocycles. The molecular weight excluding hydrogens is 228 g/mol. The Morgan fingerprint density at radius 2 is 2.17 bits per heavy atom. The van der Waals surface area contributed by atoms with Gasteiger partial charge in [-0.2, -0.15) is 0 Å². The summed E-state index contributed by atoms with van der Waals surface area (Å²) in [5.41, 5.74) is 0.823. The maximum atomic E-state index is 12.1. The van der Waals surface area contributed by atoms with Crippen molar-refractivity contribution in [3.05, 3.63) is 24.3 Å². The molecule has 1 fully saturated rings. The van der Waals surface area contributed by atoms with Crippen molar-refractivity contribution in [3.8, 4) is 5.75 Å². The molecule has 0 spiro atoms. The highest BCUT2D eigenvalue weighted by Gasteiger charge is 2.27. The van der Waals surface area contributed by atoms with Crippen LogP contribution in [-0.4, -0.2) is 37.0 Å². The first-order valence-electron chi connectivity index (χ1n) is 6.44. The number of nitrogens with zero attached hydrogens (tertiary/aromatic N) is 1. The summed E-state index contributed by atoms with van der Waals surface area (Å²) in [7, 11) is 2.00. The number of nitrogens with one attached hydrogen (secondary N) is 1.